The highest BCUT2D eigenvalue weighted by atomic mass is 35.5. The largest absolute Gasteiger partial charge is 0.335 e. The van der Waals surface area contributed by atoms with E-state index in [2.05, 4.69) is 39.3 Å². The average Bonchev–Trinajstić information content (AvgIpc) is 3.17. The van der Waals surface area contributed by atoms with Gasteiger partial charge in [0.05, 0.1) is 17.5 Å². The van der Waals surface area contributed by atoms with Crippen LogP contribution < -0.4 is 15.4 Å². The highest BCUT2D eigenvalue weighted by molar-refractivity contribution is 7.88. The van der Waals surface area contributed by atoms with Gasteiger partial charge in [0.1, 0.15) is 5.82 Å². The second-order valence-electron chi connectivity index (χ2n) is 9.60. The van der Waals surface area contributed by atoms with Crippen LogP contribution in [0.5, 0.6) is 0 Å². The number of urea groups is 1. The summed E-state index contributed by atoms with van der Waals surface area (Å²) in [6, 6.07) is 1.10. The molecule has 4 rings (SSSR count). The minimum Gasteiger partial charge on any atom is -0.335 e. The van der Waals surface area contributed by atoms with Crippen LogP contribution in [-0.4, -0.2) is 47.6 Å². The summed E-state index contributed by atoms with van der Waals surface area (Å²) in [5.41, 5.74) is 3.01. The molecule has 174 valence electrons. The molecule has 0 unspecified atom stereocenters. The second-order valence-corrected chi connectivity index (χ2v) is 11.8. The molecule has 2 aromatic heterocycles. The van der Waals surface area contributed by atoms with Crippen LogP contribution in [0.3, 0.4) is 0 Å². The van der Waals surface area contributed by atoms with E-state index in [1.54, 1.807) is 6.07 Å². The van der Waals surface area contributed by atoms with Gasteiger partial charge in [0.25, 0.3) is 0 Å². The topological polar surface area (TPSA) is 118 Å². The lowest BCUT2D eigenvalue weighted by Crippen LogP contribution is -2.46. The third kappa shape index (κ3) is 5.41. The van der Waals surface area contributed by atoms with Gasteiger partial charge in [0.2, 0.25) is 10.0 Å². The van der Waals surface area contributed by atoms with E-state index in [1.807, 2.05) is 10.9 Å². The van der Waals surface area contributed by atoms with Crippen molar-refractivity contribution in [2.45, 2.75) is 64.6 Å². The van der Waals surface area contributed by atoms with E-state index in [9.17, 15) is 13.2 Å². The molecule has 32 heavy (non-hydrogen) atoms. The lowest BCUT2D eigenvalue weighted by atomic mass is 9.89. The van der Waals surface area contributed by atoms with Crippen LogP contribution in [-0.2, 0) is 23.0 Å². The van der Waals surface area contributed by atoms with Crippen LogP contribution in [0.1, 0.15) is 45.2 Å². The van der Waals surface area contributed by atoms with Crippen molar-refractivity contribution in [1.29, 1.82) is 0 Å². The number of anilines is 1. The Morgan fingerprint density at radius 2 is 1.97 bits per heavy atom. The van der Waals surface area contributed by atoms with Gasteiger partial charge in [0, 0.05) is 41.6 Å². The number of nitrogens with one attached hydrogen (secondary N) is 3. The van der Waals surface area contributed by atoms with E-state index in [0.29, 0.717) is 17.3 Å². The molecule has 0 aromatic carbocycles. The monoisotopic (exact) mass is 480 g/mol. The smallest absolute Gasteiger partial charge is 0.320 e. The number of pyridine rings is 1. The number of hydrogen-bond acceptors (Lipinski definition) is 5. The molecular formula is C21H29ClN6O3S. The van der Waals surface area contributed by atoms with Crippen LogP contribution >= 0.6 is 11.6 Å². The molecule has 0 spiro atoms. The van der Waals surface area contributed by atoms with E-state index in [4.69, 9.17) is 11.6 Å². The van der Waals surface area contributed by atoms with Gasteiger partial charge < -0.3 is 5.32 Å². The summed E-state index contributed by atoms with van der Waals surface area (Å²) >= 11 is 6.44. The van der Waals surface area contributed by atoms with Gasteiger partial charge >= 0.3 is 6.03 Å². The lowest BCUT2D eigenvalue weighted by molar-refractivity contribution is 0.241. The van der Waals surface area contributed by atoms with E-state index < -0.39 is 10.0 Å². The van der Waals surface area contributed by atoms with Gasteiger partial charge in [-0.1, -0.05) is 25.4 Å². The molecule has 2 aliphatic rings. The number of halogens is 1. The molecule has 3 N–H and O–H groups in total. The summed E-state index contributed by atoms with van der Waals surface area (Å²) in [4.78, 5) is 16.8. The average molecular weight is 481 g/mol. The summed E-state index contributed by atoms with van der Waals surface area (Å²) < 4.78 is 27.6. The normalized spacial score (nSPS) is 22.4. The zero-order chi connectivity index (χ0) is 23.1. The Bertz CT molecular complexity index is 1130. The van der Waals surface area contributed by atoms with Crippen molar-refractivity contribution in [2.75, 3.05) is 11.6 Å². The highest BCUT2D eigenvalue weighted by Crippen LogP contribution is 2.39. The minimum atomic E-state index is -3.27. The maximum Gasteiger partial charge on any atom is 0.320 e. The van der Waals surface area contributed by atoms with E-state index in [-0.39, 0.29) is 23.5 Å². The molecule has 0 bridgehead atoms. The van der Waals surface area contributed by atoms with Crippen LogP contribution in [0.25, 0.3) is 11.1 Å². The number of amides is 2. The van der Waals surface area contributed by atoms with Crippen LogP contribution in [0.2, 0.25) is 5.02 Å². The number of rotatable bonds is 5. The molecule has 3 heterocycles. The summed E-state index contributed by atoms with van der Waals surface area (Å²) in [7, 11) is -3.27. The number of hydrogen-bond donors (Lipinski definition) is 3. The molecule has 1 saturated carbocycles. The lowest BCUT2D eigenvalue weighted by Gasteiger charge is -2.29. The first-order valence-electron chi connectivity index (χ1n) is 10.7. The minimum absolute atomic E-state index is 0.115. The van der Waals surface area contributed by atoms with Gasteiger partial charge in [-0.3, -0.25) is 10.00 Å². The molecule has 11 heteroatoms. The second kappa shape index (κ2) is 8.64. The van der Waals surface area contributed by atoms with Crippen LogP contribution in [0.4, 0.5) is 10.6 Å². The first-order valence-corrected chi connectivity index (χ1v) is 13.0. The van der Waals surface area contributed by atoms with Crippen molar-refractivity contribution in [1.82, 2.24) is 24.8 Å². The van der Waals surface area contributed by atoms with Gasteiger partial charge in [-0.15, -0.1) is 0 Å². The molecule has 0 saturated heterocycles. The van der Waals surface area contributed by atoms with Crippen LogP contribution in [0, 0.1) is 5.41 Å². The Kier molecular flexibility index (Phi) is 6.21. The van der Waals surface area contributed by atoms with E-state index in [1.165, 1.54) is 6.20 Å². The van der Waals surface area contributed by atoms with Gasteiger partial charge in [0.15, 0.2) is 0 Å². The summed E-state index contributed by atoms with van der Waals surface area (Å²) in [6.45, 7) is 5.27. The maximum absolute atomic E-state index is 12.6. The Balaban J connectivity index is 1.43. The van der Waals surface area contributed by atoms with Crippen molar-refractivity contribution in [3.05, 3.63) is 29.2 Å². The molecule has 2 atom stereocenters. The number of aromatic nitrogens is 3. The number of sulfonamides is 1. The third-order valence-electron chi connectivity index (χ3n) is 5.95. The van der Waals surface area contributed by atoms with E-state index >= 15 is 0 Å². The quantitative estimate of drug-likeness (QED) is 0.607. The molecule has 1 fully saturated rings. The van der Waals surface area contributed by atoms with Gasteiger partial charge in [-0.05, 0) is 43.6 Å². The Hall–Kier alpha value is -2.17. The van der Waals surface area contributed by atoms with Crippen LogP contribution in [0.15, 0.2) is 18.5 Å². The molecule has 0 radical (unpaired) electrons. The predicted octanol–water partition coefficient (Wildman–Crippen LogP) is 3.16. The summed E-state index contributed by atoms with van der Waals surface area (Å²) in [5, 5.41) is 10.7. The highest BCUT2D eigenvalue weighted by Gasteiger charge is 2.32. The molecule has 1 aliphatic heterocycles. The number of nitrogens with zero attached hydrogens (tertiary/aromatic N) is 3. The van der Waals surface area contributed by atoms with Gasteiger partial charge in [-0.25, -0.2) is 22.9 Å². The standard InChI is InChI=1S/C21H29ClN6O3S/c1-21(2)9-18-16(10-24-28(18)12-21)15-8-19(23-11-17(15)22)26-20(29)25-13-5-4-6-14(7-13)27-32(3,30)31/h8,10-11,13-14,27H,4-7,9,12H2,1-3H3,(H2,23,25,26,29)/t13-,14+/m1/s1. The Labute approximate surface area is 193 Å². The molecule has 1 aliphatic carbocycles. The molecule has 2 aromatic rings. The SMILES string of the molecule is CC1(C)Cc2c(-c3cc(NC(=O)N[C@@H]4CCC[C@H](NS(C)(=O)=O)C4)ncc3Cl)cnn2C1. The van der Waals surface area contributed by atoms with Crippen molar-refractivity contribution < 1.29 is 13.2 Å². The Morgan fingerprint density at radius 1 is 1.22 bits per heavy atom. The van der Waals surface area contributed by atoms with E-state index in [0.717, 1.165) is 55.3 Å². The maximum atomic E-state index is 12.6. The fourth-order valence-electron chi connectivity index (χ4n) is 4.65. The third-order valence-corrected chi connectivity index (χ3v) is 7.01. The van der Waals surface area contributed by atoms with Crippen molar-refractivity contribution in [3.63, 3.8) is 0 Å². The Morgan fingerprint density at radius 3 is 2.72 bits per heavy atom. The number of carbonyl (C=O) groups is 1. The molecule has 9 nitrogen and oxygen atoms in total. The predicted molar refractivity (Wildman–Crippen MR) is 124 cm³/mol. The summed E-state index contributed by atoms with van der Waals surface area (Å²) in [6.07, 6.45) is 8.35. The van der Waals surface area contributed by atoms with Crippen molar-refractivity contribution >= 4 is 33.5 Å². The first-order chi connectivity index (χ1) is 15.0. The molecule has 2 amide bonds. The fraction of sp³-hybridized carbons (Fsp3) is 0.571. The van der Waals surface area contributed by atoms with Crippen molar-refractivity contribution in [3.8, 4) is 11.1 Å². The number of carbonyl (C=O) groups excluding carboxylic acids is 1. The van der Waals surface area contributed by atoms with Crippen molar-refractivity contribution in [2.24, 2.45) is 5.41 Å². The summed E-state index contributed by atoms with van der Waals surface area (Å²) in [5.74, 6) is 0.390. The van der Waals surface area contributed by atoms with Gasteiger partial charge in [-0.2, -0.15) is 5.10 Å². The molecular weight excluding hydrogens is 452 g/mol. The number of fused-ring (bicyclic) bond motifs is 1. The zero-order valence-electron chi connectivity index (χ0n) is 18.5. The zero-order valence-corrected chi connectivity index (χ0v) is 20.1. The fourth-order valence-corrected chi connectivity index (χ4v) is 5.68. The first kappa shape index (κ1) is 23.0.